The van der Waals surface area contributed by atoms with Gasteiger partial charge in [-0.3, -0.25) is 0 Å². The average Bonchev–Trinajstić information content (AvgIpc) is 2.56. The van der Waals surface area contributed by atoms with Crippen LogP contribution >= 0.6 is 23.2 Å². The summed E-state index contributed by atoms with van der Waals surface area (Å²) in [6.45, 7) is 1.53. The van der Waals surface area contributed by atoms with Crippen LogP contribution in [0, 0.1) is 5.82 Å². The van der Waals surface area contributed by atoms with E-state index in [1.54, 1.807) is 12.1 Å². The van der Waals surface area contributed by atoms with Crippen molar-refractivity contribution < 1.29 is 19.4 Å². The summed E-state index contributed by atoms with van der Waals surface area (Å²) in [6, 6.07) is 11.9. The Bertz CT molecular complexity index is 632. The molecule has 7 heteroatoms. The van der Waals surface area contributed by atoms with Crippen molar-refractivity contribution in [2.24, 2.45) is 0 Å². The van der Waals surface area contributed by atoms with Gasteiger partial charge < -0.3 is 15.1 Å². The normalized spacial score (nSPS) is 9.79. The Morgan fingerprint density at radius 3 is 2.04 bits per heavy atom. The monoisotopic (exact) mass is 373 g/mol. The molecular formula is C17H18Cl2FNO3. The van der Waals surface area contributed by atoms with Crippen molar-refractivity contribution >= 4 is 34.9 Å². The number of rotatable bonds is 6. The standard InChI is InChI=1S/C10H13Cl2NO.C7H5FO2/c11-5-7-13(8-6-12)9-1-3-10(14)4-2-9;8-6-3-1-2-5(4-6)7(9)10/h1-4,14H,5-8H2;1-4H,(H,9,10). The molecule has 0 unspecified atom stereocenters. The van der Waals surface area contributed by atoms with Gasteiger partial charge in [0.1, 0.15) is 11.6 Å². The van der Waals surface area contributed by atoms with Crippen LogP contribution in [0.2, 0.25) is 0 Å². The molecule has 0 aliphatic rings. The Balaban J connectivity index is 0.000000254. The third kappa shape index (κ3) is 7.06. The summed E-state index contributed by atoms with van der Waals surface area (Å²) in [6.07, 6.45) is 0. The van der Waals surface area contributed by atoms with Crippen molar-refractivity contribution in [1.29, 1.82) is 0 Å². The fraction of sp³-hybridized carbons (Fsp3) is 0.235. The highest BCUT2D eigenvalue weighted by molar-refractivity contribution is 6.18. The molecule has 2 aromatic rings. The number of carboxylic acids is 1. The van der Waals surface area contributed by atoms with E-state index in [1.165, 1.54) is 18.2 Å². The number of anilines is 1. The maximum Gasteiger partial charge on any atom is 0.335 e. The van der Waals surface area contributed by atoms with Gasteiger partial charge in [-0.1, -0.05) is 6.07 Å². The van der Waals surface area contributed by atoms with Gasteiger partial charge in [0.25, 0.3) is 0 Å². The van der Waals surface area contributed by atoms with Gasteiger partial charge in [0.15, 0.2) is 0 Å². The van der Waals surface area contributed by atoms with Gasteiger partial charge in [-0.25, -0.2) is 9.18 Å². The smallest absolute Gasteiger partial charge is 0.335 e. The molecule has 0 aliphatic heterocycles. The second-order valence-electron chi connectivity index (χ2n) is 4.70. The Morgan fingerprint density at radius 1 is 1.04 bits per heavy atom. The van der Waals surface area contributed by atoms with Crippen LogP contribution in [0.5, 0.6) is 5.75 Å². The number of carboxylic acid groups (broad SMARTS) is 1. The number of halogens is 3. The van der Waals surface area contributed by atoms with Crippen molar-refractivity contribution in [3.8, 4) is 5.75 Å². The van der Waals surface area contributed by atoms with E-state index in [2.05, 4.69) is 4.90 Å². The summed E-state index contributed by atoms with van der Waals surface area (Å²) >= 11 is 11.4. The van der Waals surface area contributed by atoms with Gasteiger partial charge in [-0.2, -0.15) is 0 Å². The first-order valence-electron chi connectivity index (χ1n) is 7.12. The average molecular weight is 374 g/mol. The summed E-state index contributed by atoms with van der Waals surface area (Å²) in [5, 5.41) is 17.5. The van der Waals surface area contributed by atoms with Gasteiger partial charge in [-0.05, 0) is 42.5 Å². The largest absolute Gasteiger partial charge is 0.508 e. The van der Waals surface area contributed by atoms with Crippen LogP contribution in [0.1, 0.15) is 10.4 Å². The summed E-state index contributed by atoms with van der Waals surface area (Å²) in [5.74, 6) is -0.236. The summed E-state index contributed by atoms with van der Waals surface area (Å²) in [4.78, 5) is 12.3. The minimum Gasteiger partial charge on any atom is -0.508 e. The highest BCUT2D eigenvalue weighted by Crippen LogP contribution is 2.18. The molecule has 0 saturated heterocycles. The second-order valence-corrected chi connectivity index (χ2v) is 5.45. The molecule has 0 saturated carbocycles. The van der Waals surface area contributed by atoms with Crippen molar-refractivity contribution in [3.05, 3.63) is 59.9 Å². The first-order chi connectivity index (χ1) is 11.5. The van der Waals surface area contributed by atoms with E-state index in [9.17, 15) is 9.18 Å². The zero-order valence-corrected chi connectivity index (χ0v) is 14.3. The molecule has 0 atom stereocenters. The topological polar surface area (TPSA) is 60.8 Å². The molecule has 0 fully saturated rings. The third-order valence-corrected chi connectivity index (χ3v) is 3.33. The SMILES string of the molecule is O=C(O)c1cccc(F)c1.Oc1ccc(N(CCCl)CCCl)cc1. The second kappa shape index (κ2) is 10.7. The van der Waals surface area contributed by atoms with Crippen LogP contribution in [0.4, 0.5) is 10.1 Å². The maximum absolute atomic E-state index is 12.3. The molecule has 0 bridgehead atoms. The Hall–Kier alpha value is -1.98. The highest BCUT2D eigenvalue weighted by atomic mass is 35.5. The number of phenols is 1. The summed E-state index contributed by atoms with van der Waals surface area (Å²) in [5.41, 5.74) is 1.00. The number of carbonyl (C=O) groups is 1. The highest BCUT2D eigenvalue weighted by Gasteiger charge is 2.04. The van der Waals surface area contributed by atoms with Crippen LogP contribution in [-0.4, -0.2) is 41.0 Å². The van der Waals surface area contributed by atoms with E-state index < -0.39 is 11.8 Å². The van der Waals surface area contributed by atoms with E-state index in [0.29, 0.717) is 11.8 Å². The molecule has 4 nitrogen and oxygen atoms in total. The van der Waals surface area contributed by atoms with Crippen molar-refractivity contribution in [2.45, 2.75) is 0 Å². The van der Waals surface area contributed by atoms with Gasteiger partial charge in [-0.15, -0.1) is 23.2 Å². The molecular weight excluding hydrogens is 356 g/mol. The molecule has 2 rings (SSSR count). The van der Waals surface area contributed by atoms with E-state index in [4.69, 9.17) is 33.4 Å². The lowest BCUT2D eigenvalue weighted by molar-refractivity contribution is 0.0696. The van der Waals surface area contributed by atoms with Gasteiger partial charge >= 0.3 is 5.97 Å². The number of phenolic OH excluding ortho intramolecular Hbond substituents is 1. The molecule has 2 aromatic carbocycles. The predicted octanol–water partition coefficient (Wildman–Crippen LogP) is 4.20. The number of benzene rings is 2. The Morgan fingerprint density at radius 2 is 1.62 bits per heavy atom. The van der Waals surface area contributed by atoms with Crippen LogP contribution in [0.15, 0.2) is 48.5 Å². The number of hydrogen-bond donors (Lipinski definition) is 2. The molecule has 0 amide bonds. The zero-order valence-electron chi connectivity index (χ0n) is 12.8. The van der Waals surface area contributed by atoms with Crippen molar-refractivity contribution in [1.82, 2.24) is 0 Å². The number of nitrogens with zero attached hydrogens (tertiary/aromatic N) is 1. The molecule has 0 radical (unpaired) electrons. The van der Waals surface area contributed by atoms with Crippen LogP contribution < -0.4 is 4.90 Å². The van der Waals surface area contributed by atoms with Crippen molar-refractivity contribution in [3.63, 3.8) is 0 Å². The lowest BCUT2D eigenvalue weighted by Gasteiger charge is -2.22. The molecule has 24 heavy (non-hydrogen) atoms. The first kappa shape index (κ1) is 20.1. The quantitative estimate of drug-likeness (QED) is 0.744. The lowest BCUT2D eigenvalue weighted by Crippen LogP contribution is -2.27. The number of hydrogen-bond acceptors (Lipinski definition) is 3. The molecule has 0 aromatic heterocycles. The minimum absolute atomic E-state index is 0.0278. The van der Waals surface area contributed by atoms with E-state index in [1.807, 2.05) is 12.1 Å². The fourth-order valence-electron chi connectivity index (χ4n) is 1.86. The van der Waals surface area contributed by atoms with Crippen LogP contribution in [-0.2, 0) is 0 Å². The van der Waals surface area contributed by atoms with Crippen molar-refractivity contribution in [2.75, 3.05) is 29.7 Å². The first-order valence-corrected chi connectivity index (χ1v) is 8.19. The Labute approximate surface area is 150 Å². The molecule has 130 valence electrons. The minimum atomic E-state index is -1.11. The number of aromatic carboxylic acids is 1. The Kier molecular flexibility index (Phi) is 8.97. The van der Waals surface area contributed by atoms with Gasteiger partial charge in [0, 0.05) is 30.5 Å². The van der Waals surface area contributed by atoms with Gasteiger partial charge in [0.05, 0.1) is 5.56 Å². The predicted molar refractivity (Wildman–Crippen MR) is 95.1 cm³/mol. The van der Waals surface area contributed by atoms with E-state index >= 15 is 0 Å². The van der Waals surface area contributed by atoms with Crippen LogP contribution in [0.3, 0.4) is 0 Å². The number of alkyl halides is 2. The molecule has 0 heterocycles. The summed E-state index contributed by atoms with van der Waals surface area (Å²) < 4.78 is 12.3. The molecule has 0 aliphatic carbocycles. The fourth-order valence-corrected chi connectivity index (χ4v) is 2.27. The summed E-state index contributed by atoms with van der Waals surface area (Å²) in [7, 11) is 0. The van der Waals surface area contributed by atoms with Crippen LogP contribution in [0.25, 0.3) is 0 Å². The van der Waals surface area contributed by atoms with E-state index in [0.717, 1.165) is 24.8 Å². The zero-order chi connectivity index (χ0) is 17.9. The maximum atomic E-state index is 12.3. The molecule has 0 spiro atoms. The third-order valence-electron chi connectivity index (χ3n) is 3.00. The lowest BCUT2D eigenvalue weighted by atomic mass is 10.2. The van der Waals surface area contributed by atoms with Gasteiger partial charge in [0.2, 0.25) is 0 Å². The number of aromatic hydroxyl groups is 1. The van der Waals surface area contributed by atoms with E-state index in [-0.39, 0.29) is 11.3 Å². The molecule has 2 N–H and O–H groups in total.